The molecule has 7 nitrogen and oxygen atoms in total. The van der Waals surface area contributed by atoms with Crippen molar-refractivity contribution in [1.82, 2.24) is 19.6 Å². The number of nitrogens with zero attached hydrogens (tertiary/aromatic N) is 4. The molecule has 0 spiro atoms. The van der Waals surface area contributed by atoms with Gasteiger partial charge in [-0.3, -0.25) is 14.4 Å². The number of rotatable bonds is 6. The molecule has 2 heterocycles. The minimum atomic E-state index is -2.98. The summed E-state index contributed by atoms with van der Waals surface area (Å²) < 4.78 is 24.9. The van der Waals surface area contributed by atoms with Gasteiger partial charge in [-0.2, -0.15) is 5.10 Å². The minimum Gasteiger partial charge on any atom is -0.338 e. The molecule has 2 rings (SSSR count). The van der Waals surface area contributed by atoms with E-state index in [0.29, 0.717) is 19.5 Å². The van der Waals surface area contributed by atoms with Gasteiger partial charge in [0.2, 0.25) is 5.91 Å². The Hall–Kier alpha value is -1.41. The average molecular weight is 328 g/mol. The molecule has 1 atom stereocenters. The van der Waals surface area contributed by atoms with Gasteiger partial charge in [0.25, 0.3) is 0 Å². The van der Waals surface area contributed by atoms with Gasteiger partial charge in [-0.1, -0.05) is 0 Å². The van der Waals surface area contributed by atoms with E-state index in [4.69, 9.17) is 0 Å². The van der Waals surface area contributed by atoms with Gasteiger partial charge in [0.15, 0.2) is 9.84 Å². The summed E-state index contributed by atoms with van der Waals surface area (Å²) in [4.78, 5) is 16.1. The molecule has 8 heteroatoms. The molecule has 0 radical (unpaired) electrons. The number of hydrogen-bond donors (Lipinski definition) is 0. The van der Waals surface area contributed by atoms with Crippen molar-refractivity contribution < 1.29 is 13.2 Å². The van der Waals surface area contributed by atoms with Crippen LogP contribution in [0.4, 0.5) is 0 Å². The highest BCUT2D eigenvalue weighted by Crippen LogP contribution is 2.18. The van der Waals surface area contributed by atoms with Crippen LogP contribution >= 0.6 is 0 Å². The predicted octanol–water partition coefficient (Wildman–Crippen LogP) is -0.112. The number of amides is 1. The second-order valence-corrected chi connectivity index (χ2v) is 8.16. The molecule has 1 aliphatic rings. The maximum Gasteiger partial charge on any atom is 0.237 e. The molecule has 1 saturated heterocycles. The fourth-order valence-corrected chi connectivity index (χ4v) is 4.63. The topological polar surface area (TPSA) is 75.5 Å². The highest BCUT2D eigenvalue weighted by molar-refractivity contribution is 7.91. The van der Waals surface area contributed by atoms with Gasteiger partial charge in [-0.05, 0) is 20.4 Å². The molecule has 1 aliphatic heterocycles. The molecule has 124 valence electrons. The summed E-state index contributed by atoms with van der Waals surface area (Å²) in [6.07, 6.45) is 4.25. The summed E-state index contributed by atoms with van der Waals surface area (Å²) in [5.74, 6) is 0.266. The zero-order chi connectivity index (χ0) is 16.3. The van der Waals surface area contributed by atoms with Crippen molar-refractivity contribution in [3.8, 4) is 0 Å². The van der Waals surface area contributed by atoms with Gasteiger partial charge >= 0.3 is 0 Å². The van der Waals surface area contributed by atoms with E-state index in [1.807, 2.05) is 32.1 Å². The lowest BCUT2D eigenvalue weighted by molar-refractivity contribution is -0.133. The van der Waals surface area contributed by atoms with Crippen LogP contribution in [0.1, 0.15) is 18.9 Å². The Morgan fingerprint density at radius 2 is 2.23 bits per heavy atom. The Kier molecular flexibility index (Phi) is 5.23. The van der Waals surface area contributed by atoms with Crippen LogP contribution in [0.3, 0.4) is 0 Å². The fraction of sp³-hybridized carbons (Fsp3) is 0.714. The van der Waals surface area contributed by atoms with Crippen molar-refractivity contribution in [3.63, 3.8) is 0 Å². The van der Waals surface area contributed by atoms with E-state index >= 15 is 0 Å². The summed E-state index contributed by atoms with van der Waals surface area (Å²) in [5.41, 5.74) is 1.05. The van der Waals surface area contributed by atoms with Crippen LogP contribution in [0.25, 0.3) is 0 Å². The number of aryl methyl sites for hydroxylation is 1. The molecule has 0 aromatic carbocycles. The summed E-state index contributed by atoms with van der Waals surface area (Å²) >= 11 is 0. The second kappa shape index (κ2) is 6.78. The molecule has 1 fully saturated rings. The first-order chi connectivity index (χ1) is 10.3. The Morgan fingerprint density at radius 1 is 1.50 bits per heavy atom. The van der Waals surface area contributed by atoms with Gasteiger partial charge in [-0.25, -0.2) is 8.42 Å². The molecule has 1 unspecified atom stereocenters. The predicted molar refractivity (Wildman–Crippen MR) is 84.0 cm³/mol. The lowest BCUT2D eigenvalue weighted by Gasteiger charge is -2.28. The molecule has 0 N–H and O–H groups in total. The van der Waals surface area contributed by atoms with Crippen LogP contribution in [0.5, 0.6) is 0 Å². The minimum absolute atomic E-state index is 0.0176. The van der Waals surface area contributed by atoms with Crippen LogP contribution < -0.4 is 0 Å². The van der Waals surface area contributed by atoms with Crippen LogP contribution in [-0.4, -0.2) is 71.6 Å². The number of sulfone groups is 1. The van der Waals surface area contributed by atoms with Crippen molar-refractivity contribution >= 4 is 15.7 Å². The SMILES string of the molecule is CCN(C(=O)CN(C)Cc1cnn(C)c1)C1CCS(=O)(=O)C1. The highest BCUT2D eigenvalue weighted by Gasteiger charge is 2.33. The number of hydrogen-bond acceptors (Lipinski definition) is 5. The van der Waals surface area contributed by atoms with Crippen LogP contribution in [-0.2, 0) is 28.2 Å². The van der Waals surface area contributed by atoms with E-state index in [9.17, 15) is 13.2 Å². The Balaban J connectivity index is 1.91. The zero-order valence-electron chi connectivity index (χ0n) is 13.4. The average Bonchev–Trinajstić information content (AvgIpc) is 2.96. The number of aromatic nitrogens is 2. The smallest absolute Gasteiger partial charge is 0.237 e. The van der Waals surface area contributed by atoms with Crippen molar-refractivity contribution in [2.45, 2.75) is 25.9 Å². The van der Waals surface area contributed by atoms with Gasteiger partial charge < -0.3 is 4.90 Å². The van der Waals surface area contributed by atoms with Crippen LogP contribution in [0.15, 0.2) is 12.4 Å². The fourth-order valence-electron chi connectivity index (χ4n) is 2.90. The molecular weight excluding hydrogens is 304 g/mol. The van der Waals surface area contributed by atoms with E-state index in [1.54, 1.807) is 15.8 Å². The lowest BCUT2D eigenvalue weighted by Crippen LogP contribution is -2.45. The summed E-state index contributed by atoms with van der Waals surface area (Å²) in [6, 6.07) is -0.172. The summed E-state index contributed by atoms with van der Waals surface area (Å²) in [5, 5.41) is 4.11. The van der Waals surface area contributed by atoms with Gasteiger partial charge in [0.1, 0.15) is 0 Å². The lowest BCUT2D eigenvalue weighted by atomic mass is 10.2. The van der Waals surface area contributed by atoms with Crippen molar-refractivity contribution in [3.05, 3.63) is 18.0 Å². The zero-order valence-corrected chi connectivity index (χ0v) is 14.2. The molecule has 1 aromatic rings. The van der Waals surface area contributed by atoms with Gasteiger partial charge in [-0.15, -0.1) is 0 Å². The summed E-state index contributed by atoms with van der Waals surface area (Å²) in [6.45, 7) is 3.35. The third-order valence-corrected chi connectivity index (χ3v) is 5.68. The van der Waals surface area contributed by atoms with Crippen molar-refractivity contribution in [2.24, 2.45) is 7.05 Å². The number of carbonyl (C=O) groups excluding carboxylic acids is 1. The molecule has 1 amide bonds. The number of carbonyl (C=O) groups is 1. The molecule has 0 saturated carbocycles. The van der Waals surface area contributed by atoms with Crippen LogP contribution in [0.2, 0.25) is 0 Å². The highest BCUT2D eigenvalue weighted by atomic mass is 32.2. The monoisotopic (exact) mass is 328 g/mol. The Labute approximate surface area is 131 Å². The third kappa shape index (κ3) is 4.30. The largest absolute Gasteiger partial charge is 0.338 e. The normalized spacial score (nSPS) is 20.5. The Morgan fingerprint density at radius 3 is 2.73 bits per heavy atom. The molecule has 22 heavy (non-hydrogen) atoms. The third-order valence-electron chi connectivity index (χ3n) is 3.93. The maximum absolute atomic E-state index is 12.4. The molecule has 0 aliphatic carbocycles. The Bertz CT molecular complexity index is 626. The van der Waals surface area contributed by atoms with Crippen molar-refractivity contribution in [1.29, 1.82) is 0 Å². The van der Waals surface area contributed by atoms with Crippen LogP contribution in [0, 0.1) is 0 Å². The second-order valence-electron chi connectivity index (χ2n) is 5.93. The first-order valence-corrected chi connectivity index (χ1v) is 9.29. The van der Waals surface area contributed by atoms with E-state index in [1.165, 1.54) is 0 Å². The summed E-state index contributed by atoms with van der Waals surface area (Å²) in [7, 11) is 0.757. The van der Waals surface area contributed by atoms with E-state index in [0.717, 1.165) is 5.56 Å². The van der Waals surface area contributed by atoms with E-state index < -0.39 is 9.84 Å². The first kappa shape index (κ1) is 17.0. The first-order valence-electron chi connectivity index (χ1n) is 7.46. The van der Waals surface area contributed by atoms with Crippen molar-refractivity contribution in [2.75, 3.05) is 31.6 Å². The standard InChI is InChI=1S/C14H24N4O3S/c1-4-18(13-5-6-22(20,21)11-13)14(19)10-16(2)8-12-7-15-17(3)9-12/h7,9,13H,4-6,8,10-11H2,1-3H3. The maximum atomic E-state index is 12.4. The number of likely N-dealkylation sites (N-methyl/N-ethyl adjacent to an activating group) is 2. The quantitative estimate of drug-likeness (QED) is 0.728. The van der Waals surface area contributed by atoms with Gasteiger partial charge in [0, 0.05) is 37.9 Å². The van der Waals surface area contributed by atoms with E-state index in [2.05, 4.69) is 5.10 Å². The molecular formula is C14H24N4O3S. The molecule has 0 bridgehead atoms. The molecule has 1 aromatic heterocycles. The van der Waals surface area contributed by atoms with Gasteiger partial charge in [0.05, 0.1) is 24.2 Å². The van der Waals surface area contributed by atoms with E-state index in [-0.39, 0.29) is 30.0 Å².